The van der Waals surface area contributed by atoms with Gasteiger partial charge in [-0.15, -0.1) is 0 Å². The first-order valence-electron chi connectivity index (χ1n) is 5.58. The first-order chi connectivity index (χ1) is 8.81. The normalized spacial score (nSPS) is 18.9. The van der Waals surface area contributed by atoms with E-state index in [1.807, 2.05) is 0 Å². The number of nitrogens with one attached hydrogen (secondary N) is 2. The molecule has 0 radical (unpaired) electrons. The summed E-state index contributed by atoms with van der Waals surface area (Å²) in [5.74, 6) is -1.33. The van der Waals surface area contributed by atoms with Crippen LogP contribution in [0, 0.1) is 5.41 Å². The van der Waals surface area contributed by atoms with Crippen molar-refractivity contribution in [1.82, 2.24) is 10.6 Å². The number of halogens is 1. The zero-order valence-corrected chi connectivity index (χ0v) is 12.0. The third-order valence-electron chi connectivity index (χ3n) is 2.87. The lowest BCUT2D eigenvalue weighted by Crippen LogP contribution is -2.62. The third kappa shape index (κ3) is 3.51. The molecular formula is C12H15BrN2O4. The summed E-state index contributed by atoms with van der Waals surface area (Å²) in [6.45, 7) is 5.15. The number of hydrogen-bond donors (Lipinski definition) is 3. The van der Waals surface area contributed by atoms with Gasteiger partial charge in [-0.25, -0.2) is 4.79 Å². The fourth-order valence-corrected chi connectivity index (χ4v) is 2.22. The summed E-state index contributed by atoms with van der Waals surface area (Å²) in [5.41, 5.74) is -0.790. The molecular weight excluding hydrogens is 316 g/mol. The molecule has 0 spiro atoms. The van der Waals surface area contributed by atoms with Crippen molar-refractivity contribution in [2.45, 2.75) is 19.8 Å². The van der Waals surface area contributed by atoms with Crippen molar-refractivity contribution in [1.29, 1.82) is 0 Å². The molecule has 0 aromatic carbocycles. The Labute approximate surface area is 119 Å². The van der Waals surface area contributed by atoms with E-state index in [1.165, 1.54) is 0 Å². The van der Waals surface area contributed by atoms with Crippen LogP contribution in [0.3, 0.4) is 0 Å². The van der Waals surface area contributed by atoms with Gasteiger partial charge in [-0.1, -0.05) is 34.2 Å². The number of aliphatic hydroxyl groups is 1. The van der Waals surface area contributed by atoms with Crippen LogP contribution in [0.1, 0.15) is 19.8 Å². The molecule has 1 aliphatic heterocycles. The summed E-state index contributed by atoms with van der Waals surface area (Å²) in [6, 6.07) is -0.825. The van der Waals surface area contributed by atoms with Gasteiger partial charge in [-0.3, -0.25) is 20.2 Å². The molecule has 19 heavy (non-hydrogen) atoms. The van der Waals surface area contributed by atoms with Gasteiger partial charge in [-0.05, 0) is 17.8 Å². The second kappa shape index (κ2) is 6.12. The van der Waals surface area contributed by atoms with E-state index in [0.717, 1.165) is 0 Å². The molecule has 0 bridgehead atoms. The molecule has 7 heteroatoms. The van der Waals surface area contributed by atoms with Gasteiger partial charge < -0.3 is 5.11 Å². The predicted octanol–water partition coefficient (Wildman–Crippen LogP) is 0.966. The highest BCUT2D eigenvalue weighted by molar-refractivity contribution is 9.11. The number of carbonyl (C=O) groups is 3. The summed E-state index contributed by atoms with van der Waals surface area (Å²) >= 11 is 3.13. The zero-order valence-electron chi connectivity index (χ0n) is 10.5. The van der Waals surface area contributed by atoms with Crippen molar-refractivity contribution in [2.24, 2.45) is 5.41 Å². The standard InChI is InChI=1S/C12H15BrN2O4/c1-7(6-16)3-4-12(5-8(2)13)9(17)14-11(19)15-10(12)18/h3,16H,2,4-6H2,1H3,(H2,14,15,17,18,19)/b7-3+. The van der Waals surface area contributed by atoms with Crippen LogP contribution < -0.4 is 10.6 Å². The van der Waals surface area contributed by atoms with Gasteiger partial charge in [0.2, 0.25) is 11.8 Å². The molecule has 4 amide bonds. The van der Waals surface area contributed by atoms with E-state index >= 15 is 0 Å². The van der Waals surface area contributed by atoms with Gasteiger partial charge in [0, 0.05) is 6.42 Å². The van der Waals surface area contributed by atoms with Crippen LogP contribution in [0.15, 0.2) is 22.7 Å². The number of allylic oxidation sites excluding steroid dienone is 2. The van der Waals surface area contributed by atoms with Crippen LogP contribution in [0.25, 0.3) is 0 Å². The second-order valence-electron chi connectivity index (χ2n) is 4.43. The highest BCUT2D eigenvalue weighted by Gasteiger charge is 2.49. The maximum atomic E-state index is 12.0. The largest absolute Gasteiger partial charge is 0.392 e. The Hall–Kier alpha value is -1.47. The Morgan fingerprint density at radius 1 is 1.37 bits per heavy atom. The molecule has 1 heterocycles. The summed E-state index contributed by atoms with van der Waals surface area (Å²) in [5, 5.41) is 13.1. The van der Waals surface area contributed by atoms with Crippen molar-refractivity contribution in [3.8, 4) is 0 Å². The maximum Gasteiger partial charge on any atom is 0.328 e. The number of amides is 4. The van der Waals surface area contributed by atoms with Gasteiger partial charge >= 0.3 is 6.03 Å². The van der Waals surface area contributed by atoms with Crippen molar-refractivity contribution < 1.29 is 19.5 Å². The van der Waals surface area contributed by atoms with Crippen molar-refractivity contribution in [3.63, 3.8) is 0 Å². The van der Waals surface area contributed by atoms with Gasteiger partial charge in [0.25, 0.3) is 0 Å². The minimum absolute atomic E-state index is 0.0627. The average Bonchev–Trinajstić information content (AvgIpc) is 2.31. The van der Waals surface area contributed by atoms with Crippen LogP contribution in [0.5, 0.6) is 0 Å². The van der Waals surface area contributed by atoms with E-state index in [0.29, 0.717) is 10.1 Å². The molecule has 3 N–H and O–H groups in total. The number of carbonyl (C=O) groups excluding carboxylic acids is 3. The summed E-state index contributed by atoms with van der Waals surface area (Å²) in [6.07, 6.45) is 1.74. The molecule has 1 rings (SSSR count). The van der Waals surface area contributed by atoms with Crippen LogP contribution in [0.2, 0.25) is 0 Å². The fourth-order valence-electron chi connectivity index (χ4n) is 1.74. The van der Waals surface area contributed by atoms with Gasteiger partial charge in [-0.2, -0.15) is 0 Å². The van der Waals surface area contributed by atoms with E-state index in [4.69, 9.17) is 5.11 Å². The SMILES string of the molecule is C=C(Br)CC1(C/C=C(\C)CO)C(=O)NC(=O)NC1=O. The fraction of sp³-hybridized carbons (Fsp3) is 0.417. The molecule has 0 saturated carbocycles. The monoisotopic (exact) mass is 330 g/mol. The summed E-state index contributed by atoms with van der Waals surface area (Å²) in [4.78, 5) is 35.2. The molecule has 0 aromatic heterocycles. The average molecular weight is 331 g/mol. The van der Waals surface area contributed by atoms with E-state index in [9.17, 15) is 14.4 Å². The number of imide groups is 2. The molecule has 104 valence electrons. The first kappa shape index (κ1) is 15.6. The smallest absolute Gasteiger partial charge is 0.328 e. The van der Waals surface area contributed by atoms with E-state index in [1.54, 1.807) is 13.0 Å². The number of aliphatic hydroxyl groups excluding tert-OH is 1. The molecule has 1 fully saturated rings. The Kier molecular flexibility index (Phi) is 5.02. The molecule has 0 unspecified atom stereocenters. The number of hydrogen-bond acceptors (Lipinski definition) is 4. The minimum Gasteiger partial charge on any atom is -0.392 e. The van der Waals surface area contributed by atoms with Crippen LogP contribution in [-0.4, -0.2) is 29.6 Å². The van der Waals surface area contributed by atoms with Crippen LogP contribution >= 0.6 is 15.9 Å². The number of barbiturate groups is 1. The van der Waals surface area contributed by atoms with Gasteiger partial charge in [0.1, 0.15) is 5.41 Å². The highest BCUT2D eigenvalue weighted by atomic mass is 79.9. The number of urea groups is 1. The Morgan fingerprint density at radius 2 is 1.89 bits per heavy atom. The molecule has 1 aliphatic rings. The Morgan fingerprint density at radius 3 is 2.32 bits per heavy atom. The van der Waals surface area contributed by atoms with Crippen molar-refractivity contribution in [3.05, 3.63) is 22.7 Å². The van der Waals surface area contributed by atoms with E-state index < -0.39 is 23.3 Å². The van der Waals surface area contributed by atoms with Crippen LogP contribution in [-0.2, 0) is 9.59 Å². The van der Waals surface area contributed by atoms with Crippen molar-refractivity contribution in [2.75, 3.05) is 6.61 Å². The zero-order chi connectivity index (χ0) is 14.6. The molecule has 0 aromatic rings. The molecule has 1 saturated heterocycles. The molecule has 6 nitrogen and oxygen atoms in total. The van der Waals surface area contributed by atoms with Crippen LogP contribution in [0.4, 0.5) is 4.79 Å². The third-order valence-corrected chi connectivity index (χ3v) is 3.15. The maximum absolute atomic E-state index is 12.0. The van der Waals surface area contributed by atoms with E-state index in [2.05, 4.69) is 33.1 Å². The lowest BCUT2D eigenvalue weighted by atomic mass is 9.77. The quantitative estimate of drug-likeness (QED) is 0.517. The number of rotatable bonds is 5. The second-order valence-corrected chi connectivity index (χ2v) is 5.55. The predicted molar refractivity (Wildman–Crippen MR) is 72.3 cm³/mol. The first-order valence-corrected chi connectivity index (χ1v) is 6.38. The summed E-state index contributed by atoms with van der Waals surface area (Å²) < 4.78 is 0.474. The lowest BCUT2D eigenvalue weighted by molar-refractivity contribution is -0.144. The highest BCUT2D eigenvalue weighted by Crippen LogP contribution is 2.35. The summed E-state index contributed by atoms with van der Waals surface area (Å²) in [7, 11) is 0. The topological polar surface area (TPSA) is 95.5 Å². The Balaban J connectivity index is 3.11. The lowest BCUT2D eigenvalue weighted by Gasteiger charge is -2.33. The van der Waals surface area contributed by atoms with Gasteiger partial charge in [0.05, 0.1) is 6.61 Å². The van der Waals surface area contributed by atoms with Crippen molar-refractivity contribution >= 4 is 33.8 Å². The molecule has 0 atom stereocenters. The minimum atomic E-state index is -1.43. The van der Waals surface area contributed by atoms with Gasteiger partial charge in [0.15, 0.2) is 0 Å². The Bertz CT molecular complexity index is 450. The van der Waals surface area contributed by atoms with E-state index in [-0.39, 0.29) is 19.4 Å². The molecule has 0 aliphatic carbocycles.